The minimum atomic E-state index is -0.662. The number of nitrogens with zero attached hydrogens (tertiary/aromatic N) is 1. The van der Waals surface area contributed by atoms with Gasteiger partial charge in [0, 0.05) is 33.7 Å². The van der Waals surface area contributed by atoms with Crippen LogP contribution in [0, 0.1) is 0 Å². The van der Waals surface area contributed by atoms with E-state index in [4.69, 9.17) is 46.4 Å². The van der Waals surface area contributed by atoms with E-state index < -0.39 is 6.04 Å². The van der Waals surface area contributed by atoms with Crippen LogP contribution in [0.25, 0.3) is 0 Å². The summed E-state index contributed by atoms with van der Waals surface area (Å²) < 4.78 is 0. The third kappa shape index (κ3) is 5.54. The molecule has 0 heterocycles. The number of hydrogen-bond acceptors (Lipinski definition) is 2. The number of benzene rings is 2. The molecular formula is C20H20Cl4N2O2. The van der Waals surface area contributed by atoms with Crippen LogP contribution in [0.1, 0.15) is 24.5 Å². The molecule has 1 N–H and O–H groups in total. The summed E-state index contributed by atoms with van der Waals surface area (Å²) in [6.07, 6.45) is 0.407. The molecule has 0 fully saturated rings. The van der Waals surface area contributed by atoms with E-state index >= 15 is 0 Å². The minimum absolute atomic E-state index is 0.0305. The van der Waals surface area contributed by atoms with Crippen molar-refractivity contribution < 1.29 is 9.59 Å². The van der Waals surface area contributed by atoms with Crippen LogP contribution in [0.2, 0.25) is 20.1 Å². The SMILES string of the molecule is CC[C@H](C(=O)NC)N(Cc1ccc(Cl)cc1Cl)C(=O)Cc1c(Cl)cccc1Cl. The van der Waals surface area contributed by atoms with Gasteiger partial charge in [-0.05, 0) is 41.8 Å². The number of nitrogens with one attached hydrogen (secondary N) is 1. The molecule has 0 aliphatic carbocycles. The standard InChI is InChI=1S/C20H20Cl4N2O2/c1-3-18(20(28)25-2)26(11-12-7-8-13(21)9-17(12)24)19(27)10-14-15(22)5-4-6-16(14)23/h4-9,18H,3,10-11H2,1-2H3,(H,25,28)/t18-/m1/s1. The zero-order chi connectivity index (χ0) is 20.8. The fraction of sp³-hybridized carbons (Fsp3) is 0.300. The summed E-state index contributed by atoms with van der Waals surface area (Å²) in [5.41, 5.74) is 1.21. The van der Waals surface area contributed by atoms with Crippen LogP contribution in [0.15, 0.2) is 36.4 Å². The lowest BCUT2D eigenvalue weighted by atomic mass is 10.1. The van der Waals surface area contributed by atoms with Gasteiger partial charge in [0.25, 0.3) is 0 Å². The van der Waals surface area contributed by atoms with Crippen molar-refractivity contribution in [2.45, 2.75) is 32.4 Å². The van der Waals surface area contributed by atoms with Crippen molar-refractivity contribution >= 4 is 58.2 Å². The van der Waals surface area contributed by atoms with Gasteiger partial charge in [-0.3, -0.25) is 9.59 Å². The number of amides is 2. The van der Waals surface area contributed by atoms with Gasteiger partial charge in [0.05, 0.1) is 6.42 Å². The number of hydrogen-bond donors (Lipinski definition) is 1. The van der Waals surface area contributed by atoms with Crippen LogP contribution >= 0.6 is 46.4 Å². The molecule has 28 heavy (non-hydrogen) atoms. The van der Waals surface area contributed by atoms with Crippen LogP contribution in [0.4, 0.5) is 0 Å². The largest absolute Gasteiger partial charge is 0.357 e. The Hall–Kier alpha value is -1.46. The molecule has 2 aromatic carbocycles. The summed E-state index contributed by atoms with van der Waals surface area (Å²) in [6, 6.07) is 9.43. The minimum Gasteiger partial charge on any atom is -0.357 e. The molecular weight excluding hydrogens is 442 g/mol. The van der Waals surface area contributed by atoms with E-state index in [1.54, 1.807) is 36.4 Å². The topological polar surface area (TPSA) is 49.4 Å². The van der Waals surface area contributed by atoms with E-state index in [0.717, 1.165) is 0 Å². The van der Waals surface area contributed by atoms with Crippen molar-refractivity contribution in [3.05, 3.63) is 67.6 Å². The number of carbonyl (C=O) groups excluding carboxylic acids is 2. The predicted octanol–water partition coefficient (Wildman–Crippen LogP) is 5.40. The summed E-state index contributed by atoms with van der Waals surface area (Å²) >= 11 is 24.7. The fourth-order valence-electron chi connectivity index (χ4n) is 2.87. The summed E-state index contributed by atoms with van der Waals surface area (Å²) in [5.74, 6) is -0.539. The summed E-state index contributed by atoms with van der Waals surface area (Å²) in [7, 11) is 1.54. The molecule has 0 aromatic heterocycles. The second-order valence-corrected chi connectivity index (χ2v) is 7.83. The van der Waals surface area contributed by atoms with Gasteiger partial charge in [-0.25, -0.2) is 0 Å². The molecule has 0 aliphatic heterocycles. The number of halogens is 4. The quantitative estimate of drug-likeness (QED) is 0.600. The maximum Gasteiger partial charge on any atom is 0.242 e. The lowest BCUT2D eigenvalue weighted by Gasteiger charge is -2.31. The summed E-state index contributed by atoms with van der Waals surface area (Å²) in [5, 5.41) is 4.33. The molecule has 0 unspecified atom stereocenters. The van der Waals surface area contributed by atoms with Crippen molar-refractivity contribution in [2.75, 3.05) is 7.05 Å². The first-order valence-electron chi connectivity index (χ1n) is 8.66. The molecule has 0 saturated carbocycles. The third-order valence-electron chi connectivity index (χ3n) is 4.38. The highest BCUT2D eigenvalue weighted by atomic mass is 35.5. The Bertz CT molecular complexity index is 853. The van der Waals surface area contributed by atoms with Gasteiger partial charge in [0.15, 0.2) is 0 Å². The average Bonchev–Trinajstić information content (AvgIpc) is 2.65. The normalized spacial score (nSPS) is 11.8. The zero-order valence-corrected chi connectivity index (χ0v) is 18.5. The van der Waals surface area contributed by atoms with E-state index in [-0.39, 0.29) is 24.8 Å². The van der Waals surface area contributed by atoms with Crippen molar-refractivity contribution in [3.8, 4) is 0 Å². The van der Waals surface area contributed by atoms with Gasteiger partial charge in [-0.15, -0.1) is 0 Å². The molecule has 150 valence electrons. The van der Waals surface area contributed by atoms with Crippen molar-refractivity contribution in [3.63, 3.8) is 0 Å². The summed E-state index contributed by atoms with van der Waals surface area (Å²) in [6.45, 7) is 2.00. The Labute approximate surface area is 184 Å². The molecule has 0 bridgehead atoms. The van der Waals surface area contributed by atoms with Gasteiger partial charge >= 0.3 is 0 Å². The van der Waals surface area contributed by atoms with E-state index in [9.17, 15) is 9.59 Å². The number of carbonyl (C=O) groups is 2. The highest BCUT2D eigenvalue weighted by Crippen LogP contribution is 2.27. The molecule has 0 saturated heterocycles. The number of rotatable bonds is 7. The van der Waals surface area contributed by atoms with E-state index in [0.29, 0.717) is 37.6 Å². The summed E-state index contributed by atoms with van der Waals surface area (Å²) in [4.78, 5) is 27.1. The molecule has 8 heteroatoms. The average molecular weight is 462 g/mol. The first-order chi connectivity index (χ1) is 13.3. The Balaban J connectivity index is 2.39. The predicted molar refractivity (Wildman–Crippen MR) is 115 cm³/mol. The Kier molecular flexibility index (Phi) is 8.44. The lowest BCUT2D eigenvalue weighted by molar-refractivity contribution is -0.140. The molecule has 2 amide bonds. The fourth-order valence-corrected chi connectivity index (χ4v) is 3.87. The second-order valence-electron chi connectivity index (χ2n) is 6.17. The van der Waals surface area contributed by atoms with Gasteiger partial charge in [-0.2, -0.15) is 0 Å². The first-order valence-corrected chi connectivity index (χ1v) is 10.2. The third-order valence-corrected chi connectivity index (χ3v) is 5.67. The van der Waals surface area contributed by atoms with E-state index in [2.05, 4.69) is 5.32 Å². The first kappa shape index (κ1) is 22.8. The molecule has 0 aliphatic rings. The van der Waals surface area contributed by atoms with Crippen LogP contribution in [-0.2, 0) is 22.6 Å². The Morgan fingerprint density at radius 1 is 1.04 bits per heavy atom. The molecule has 0 spiro atoms. The molecule has 4 nitrogen and oxygen atoms in total. The van der Waals surface area contributed by atoms with Gasteiger partial charge < -0.3 is 10.2 Å². The van der Waals surface area contributed by atoms with Gasteiger partial charge in [-0.1, -0.05) is 65.5 Å². The Morgan fingerprint density at radius 2 is 1.68 bits per heavy atom. The van der Waals surface area contributed by atoms with Crippen molar-refractivity contribution in [1.29, 1.82) is 0 Å². The Morgan fingerprint density at radius 3 is 2.21 bits per heavy atom. The van der Waals surface area contributed by atoms with E-state index in [1.807, 2.05) is 6.92 Å². The molecule has 2 aromatic rings. The maximum absolute atomic E-state index is 13.2. The monoisotopic (exact) mass is 460 g/mol. The smallest absolute Gasteiger partial charge is 0.242 e. The molecule has 0 radical (unpaired) electrons. The zero-order valence-electron chi connectivity index (χ0n) is 15.4. The van der Waals surface area contributed by atoms with Crippen molar-refractivity contribution in [1.82, 2.24) is 10.2 Å². The van der Waals surface area contributed by atoms with E-state index in [1.165, 1.54) is 11.9 Å². The second kappa shape index (κ2) is 10.4. The highest BCUT2D eigenvalue weighted by molar-refractivity contribution is 6.36. The molecule has 2 rings (SSSR count). The van der Waals surface area contributed by atoms with Gasteiger partial charge in [0.2, 0.25) is 11.8 Å². The van der Waals surface area contributed by atoms with Crippen LogP contribution in [0.5, 0.6) is 0 Å². The van der Waals surface area contributed by atoms with Gasteiger partial charge in [0.1, 0.15) is 6.04 Å². The maximum atomic E-state index is 13.2. The highest BCUT2D eigenvalue weighted by Gasteiger charge is 2.29. The van der Waals surface area contributed by atoms with Crippen LogP contribution in [0.3, 0.4) is 0 Å². The van der Waals surface area contributed by atoms with Crippen LogP contribution in [-0.4, -0.2) is 29.8 Å². The van der Waals surface area contributed by atoms with Crippen LogP contribution < -0.4 is 5.32 Å². The number of likely N-dealkylation sites (N-methyl/N-ethyl adjacent to an activating group) is 1. The molecule has 1 atom stereocenters. The van der Waals surface area contributed by atoms with Crippen molar-refractivity contribution in [2.24, 2.45) is 0 Å². The lowest BCUT2D eigenvalue weighted by Crippen LogP contribution is -2.48.